The summed E-state index contributed by atoms with van der Waals surface area (Å²) in [4.78, 5) is 8.94. The summed E-state index contributed by atoms with van der Waals surface area (Å²) in [6.45, 7) is 11.2. The zero-order valence-corrected chi connectivity index (χ0v) is 26.3. The molecule has 0 spiro atoms. The van der Waals surface area contributed by atoms with E-state index < -0.39 is 0 Å². The molecule has 42 heavy (non-hydrogen) atoms. The summed E-state index contributed by atoms with van der Waals surface area (Å²) in [6, 6.07) is 17.0. The van der Waals surface area contributed by atoms with E-state index in [9.17, 15) is 0 Å². The number of nitrogens with zero attached hydrogens (tertiary/aromatic N) is 4. The highest BCUT2D eigenvalue weighted by atomic mass is 16.5. The van der Waals surface area contributed by atoms with Crippen LogP contribution in [0.5, 0.6) is 11.5 Å². The predicted octanol–water partition coefficient (Wildman–Crippen LogP) is 8.15. The number of aryl methyl sites for hydroxylation is 3. The lowest BCUT2D eigenvalue weighted by atomic mass is 10.0. The minimum absolute atomic E-state index is 0.0852. The van der Waals surface area contributed by atoms with Crippen molar-refractivity contribution in [3.05, 3.63) is 95.5 Å². The van der Waals surface area contributed by atoms with E-state index >= 15 is 0 Å². The molecule has 2 aromatic heterocycles. The SMILES string of the molecule is C/C=C(C)\C=C(\COc1ccc2c(c1)c1cc3cnccc3c(C)c1n2C)N(C)C(C)N(C)c1ccc(OC)cc1C. The molecule has 3 aromatic carbocycles. The van der Waals surface area contributed by atoms with E-state index in [0.717, 1.165) is 28.3 Å². The first-order valence-corrected chi connectivity index (χ1v) is 14.5. The average Bonchev–Trinajstić information content (AvgIpc) is 3.28. The lowest BCUT2D eigenvalue weighted by molar-refractivity contribution is 0.254. The number of hydrogen-bond acceptors (Lipinski definition) is 5. The third-order valence-electron chi connectivity index (χ3n) is 8.72. The number of aromatic nitrogens is 2. The van der Waals surface area contributed by atoms with Gasteiger partial charge in [-0.3, -0.25) is 4.98 Å². The third kappa shape index (κ3) is 5.29. The van der Waals surface area contributed by atoms with E-state index in [-0.39, 0.29) is 6.17 Å². The van der Waals surface area contributed by atoms with Crippen LogP contribution in [0.15, 0.2) is 84.3 Å². The first-order valence-electron chi connectivity index (χ1n) is 14.5. The molecule has 0 bridgehead atoms. The van der Waals surface area contributed by atoms with Crippen LogP contribution in [0, 0.1) is 13.8 Å². The minimum Gasteiger partial charge on any atom is -0.497 e. The lowest BCUT2D eigenvalue weighted by Crippen LogP contribution is -2.43. The van der Waals surface area contributed by atoms with Gasteiger partial charge in [0.2, 0.25) is 0 Å². The second kappa shape index (κ2) is 11.8. The van der Waals surface area contributed by atoms with Crippen LogP contribution in [0.25, 0.3) is 32.6 Å². The lowest BCUT2D eigenvalue weighted by Gasteiger charge is -2.37. The van der Waals surface area contributed by atoms with E-state index in [1.54, 1.807) is 7.11 Å². The van der Waals surface area contributed by atoms with Gasteiger partial charge in [-0.25, -0.2) is 0 Å². The summed E-state index contributed by atoms with van der Waals surface area (Å²) in [6.07, 6.45) is 8.23. The molecule has 0 aliphatic carbocycles. The fourth-order valence-electron chi connectivity index (χ4n) is 5.89. The number of pyridine rings is 1. The van der Waals surface area contributed by atoms with Gasteiger partial charge in [0, 0.05) is 60.9 Å². The number of rotatable bonds is 9. The van der Waals surface area contributed by atoms with Crippen LogP contribution >= 0.6 is 0 Å². The Bertz CT molecular complexity index is 1830. The maximum absolute atomic E-state index is 6.51. The zero-order valence-electron chi connectivity index (χ0n) is 26.3. The number of anilines is 1. The molecule has 0 fully saturated rings. The Morgan fingerprint density at radius 3 is 2.48 bits per heavy atom. The molecule has 0 saturated heterocycles. The van der Waals surface area contributed by atoms with Crippen LogP contribution < -0.4 is 14.4 Å². The first-order chi connectivity index (χ1) is 20.1. The molecule has 0 amide bonds. The largest absolute Gasteiger partial charge is 0.497 e. The average molecular weight is 563 g/mol. The van der Waals surface area contributed by atoms with Crippen molar-refractivity contribution in [2.45, 2.75) is 40.8 Å². The van der Waals surface area contributed by atoms with Crippen LogP contribution in [-0.4, -0.2) is 48.4 Å². The standard InChI is InChI=1S/C36H42N4O2/c1-10-23(2)17-28(38(6)26(5)39(7)34-13-11-29(41-9)18-24(34)3)22-42-30-12-14-35-32(20-30)33-19-27-21-37-16-15-31(27)25(4)36(33)40(35)8/h10-21,26H,22H2,1-9H3/b23-10-,28-17-. The molecule has 0 radical (unpaired) electrons. The van der Waals surface area contributed by atoms with E-state index in [4.69, 9.17) is 9.47 Å². The Morgan fingerprint density at radius 2 is 1.76 bits per heavy atom. The van der Waals surface area contributed by atoms with Crippen molar-refractivity contribution in [1.82, 2.24) is 14.5 Å². The van der Waals surface area contributed by atoms with E-state index in [2.05, 4.69) is 130 Å². The highest BCUT2D eigenvalue weighted by molar-refractivity contribution is 6.14. The van der Waals surface area contributed by atoms with Crippen molar-refractivity contribution in [2.75, 3.05) is 32.7 Å². The number of methoxy groups -OCH3 is 1. The van der Waals surface area contributed by atoms with Gasteiger partial charge in [-0.05, 0) is 106 Å². The molecule has 218 valence electrons. The molecule has 2 heterocycles. The maximum Gasteiger partial charge on any atom is 0.128 e. The highest BCUT2D eigenvalue weighted by Gasteiger charge is 2.20. The Kier molecular flexibility index (Phi) is 8.17. The second-order valence-corrected chi connectivity index (χ2v) is 11.2. The summed E-state index contributed by atoms with van der Waals surface area (Å²) in [7, 11) is 8.11. The van der Waals surface area contributed by atoms with Gasteiger partial charge in [-0.1, -0.05) is 11.6 Å². The predicted molar refractivity (Wildman–Crippen MR) is 177 cm³/mol. The van der Waals surface area contributed by atoms with Gasteiger partial charge in [0.25, 0.3) is 0 Å². The van der Waals surface area contributed by atoms with Gasteiger partial charge in [-0.2, -0.15) is 0 Å². The summed E-state index contributed by atoms with van der Waals surface area (Å²) in [5.41, 5.74) is 8.33. The second-order valence-electron chi connectivity index (χ2n) is 11.2. The van der Waals surface area contributed by atoms with Crippen molar-refractivity contribution in [3.63, 3.8) is 0 Å². The topological polar surface area (TPSA) is 42.8 Å². The molecule has 6 heteroatoms. The monoisotopic (exact) mass is 562 g/mol. The summed E-state index contributed by atoms with van der Waals surface area (Å²) in [5, 5.41) is 4.80. The molecular weight excluding hydrogens is 520 g/mol. The van der Waals surface area contributed by atoms with Crippen molar-refractivity contribution >= 4 is 38.3 Å². The van der Waals surface area contributed by atoms with Gasteiger partial charge in [0.15, 0.2) is 0 Å². The Balaban J connectivity index is 1.45. The molecule has 6 nitrogen and oxygen atoms in total. The van der Waals surface area contributed by atoms with Gasteiger partial charge in [0.1, 0.15) is 18.1 Å². The number of ether oxygens (including phenoxy) is 2. The van der Waals surface area contributed by atoms with Gasteiger partial charge in [-0.15, -0.1) is 0 Å². The van der Waals surface area contributed by atoms with Crippen molar-refractivity contribution in [3.8, 4) is 11.5 Å². The summed E-state index contributed by atoms with van der Waals surface area (Å²) >= 11 is 0. The molecule has 5 rings (SSSR count). The van der Waals surface area contributed by atoms with Crippen LogP contribution in [0.2, 0.25) is 0 Å². The quantitative estimate of drug-likeness (QED) is 0.134. The number of hydrogen-bond donors (Lipinski definition) is 0. The van der Waals surface area contributed by atoms with Gasteiger partial charge >= 0.3 is 0 Å². The molecule has 0 N–H and O–H groups in total. The van der Waals surface area contributed by atoms with Crippen LogP contribution in [0.1, 0.15) is 31.9 Å². The van der Waals surface area contributed by atoms with E-state index in [0.29, 0.717) is 6.61 Å². The Hall–Kier alpha value is -4.45. The Labute approximate surface area is 249 Å². The zero-order chi connectivity index (χ0) is 30.1. The normalized spacial score (nSPS) is 13.2. The van der Waals surface area contributed by atoms with Crippen LogP contribution in [0.4, 0.5) is 5.69 Å². The van der Waals surface area contributed by atoms with Crippen LogP contribution in [-0.2, 0) is 7.05 Å². The van der Waals surface area contributed by atoms with E-state index in [1.165, 1.54) is 43.9 Å². The fraction of sp³-hybridized carbons (Fsp3) is 0.306. The first kappa shape index (κ1) is 29.1. The number of benzene rings is 3. The van der Waals surface area contributed by atoms with Crippen molar-refractivity contribution in [1.29, 1.82) is 0 Å². The Morgan fingerprint density at radius 1 is 1.00 bits per heavy atom. The third-order valence-corrected chi connectivity index (χ3v) is 8.72. The number of fused-ring (bicyclic) bond motifs is 4. The van der Waals surface area contributed by atoms with E-state index in [1.807, 2.05) is 18.5 Å². The highest BCUT2D eigenvalue weighted by Crippen LogP contribution is 2.36. The molecule has 1 atom stereocenters. The van der Waals surface area contributed by atoms with Crippen molar-refractivity contribution in [2.24, 2.45) is 7.05 Å². The summed E-state index contributed by atoms with van der Waals surface area (Å²) < 4.78 is 14.2. The molecule has 0 aliphatic rings. The minimum atomic E-state index is 0.0852. The molecular formula is C36H42N4O2. The van der Waals surface area contributed by atoms with Crippen LogP contribution in [0.3, 0.4) is 0 Å². The molecule has 1 unspecified atom stereocenters. The number of likely N-dealkylation sites (N-methyl/N-ethyl adjacent to an activating group) is 1. The molecule has 5 aromatic rings. The molecule has 0 aliphatic heterocycles. The number of allylic oxidation sites excluding steroid dienone is 3. The maximum atomic E-state index is 6.51. The van der Waals surface area contributed by atoms with Gasteiger partial charge in [0.05, 0.1) is 24.5 Å². The van der Waals surface area contributed by atoms with Gasteiger partial charge < -0.3 is 23.8 Å². The molecule has 0 saturated carbocycles. The fourth-order valence-corrected chi connectivity index (χ4v) is 5.89. The summed E-state index contributed by atoms with van der Waals surface area (Å²) in [5.74, 6) is 1.72. The smallest absolute Gasteiger partial charge is 0.128 e. The van der Waals surface area contributed by atoms with Crippen molar-refractivity contribution < 1.29 is 9.47 Å².